The van der Waals surface area contributed by atoms with Gasteiger partial charge in [-0.05, 0) is 30.7 Å². The highest BCUT2D eigenvalue weighted by Crippen LogP contribution is 2.29. The first-order valence-corrected chi connectivity index (χ1v) is 5.42. The van der Waals surface area contributed by atoms with Gasteiger partial charge in [0.25, 0.3) is 0 Å². The monoisotopic (exact) mass is 247 g/mol. The smallest absolute Gasteiger partial charge is 0.337 e. The maximum atomic E-state index is 11.1. The molecule has 17 heavy (non-hydrogen) atoms. The molecule has 86 valence electrons. The second-order valence-electron chi connectivity index (χ2n) is 3.69. The van der Waals surface area contributed by atoms with Crippen LogP contribution in [0.25, 0.3) is 11.3 Å². The average Bonchev–Trinajstić information content (AvgIpc) is 2.29. The lowest BCUT2D eigenvalue weighted by molar-refractivity contribution is 0.0697. The van der Waals surface area contributed by atoms with E-state index in [1.807, 2.05) is 13.0 Å². The fourth-order valence-corrected chi connectivity index (χ4v) is 1.93. The highest BCUT2D eigenvalue weighted by Gasteiger charge is 2.14. The van der Waals surface area contributed by atoms with Crippen LogP contribution in [-0.2, 0) is 0 Å². The van der Waals surface area contributed by atoms with Crippen molar-refractivity contribution in [3.8, 4) is 11.3 Å². The quantitative estimate of drug-likeness (QED) is 0.885. The molecule has 0 amide bonds. The molecule has 1 N–H and O–H groups in total. The molecule has 0 unspecified atom stereocenters. The van der Waals surface area contributed by atoms with Crippen LogP contribution < -0.4 is 0 Å². The molecule has 1 heterocycles. The number of pyridine rings is 1. The number of carboxylic acid groups (broad SMARTS) is 1. The van der Waals surface area contributed by atoms with Crippen molar-refractivity contribution in [3.05, 3.63) is 52.7 Å². The second kappa shape index (κ2) is 4.55. The van der Waals surface area contributed by atoms with Crippen LogP contribution in [-0.4, -0.2) is 16.1 Å². The van der Waals surface area contributed by atoms with E-state index in [9.17, 15) is 4.79 Å². The van der Waals surface area contributed by atoms with Crippen molar-refractivity contribution in [1.82, 2.24) is 4.98 Å². The van der Waals surface area contributed by atoms with Crippen LogP contribution in [0, 0.1) is 6.92 Å². The lowest BCUT2D eigenvalue weighted by atomic mass is 10.0. The van der Waals surface area contributed by atoms with Crippen LogP contribution in [0.3, 0.4) is 0 Å². The molecule has 2 aromatic rings. The van der Waals surface area contributed by atoms with Crippen LogP contribution in [0.2, 0.25) is 5.02 Å². The zero-order valence-corrected chi connectivity index (χ0v) is 9.90. The third-order valence-electron chi connectivity index (χ3n) is 2.42. The highest BCUT2D eigenvalue weighted by molar-refractivity contribution is 6.33. The fourth-order valence-electron chi connectivity index (χ4n) is 1.60. The van der Waals surface area contributed by atoms with Crippen molar-refractivity contribution in [2.75, 3.05) is 0 Å². The van der Waals surface area contributed by atoms with Gasteiger partial charge < -0.3 is 5.11 Å². The van der Waals surface area contributed by atoms with Crippen molar-refractivity contribution >= 4 is 17.6 Å². The maximum absolute atomic E-state index is 11.1. The van der Waals surface area contributed by atoms with Gasteiger partial charge in [0.05, 0.1) is 16.3 Å². The summed E-state index contributed by atoms with van der Waals surface area (Å²) < 4.78 is 0. The molecule has 0 radical (unpaired) electrons. The van der Waals surface area contributed by atoms with Crippen molar-refractivity contribution in [1.29, 1.82) is 0 Å². The van der Waals surface area contributed by atoms with Crippen LogP contribution in [0.1, 0.15) is 15.9 Å². The largest absolute Gasteiger partial charge is 0.478 e. The molecule has 2 rings (SSSR count). The third kappa shape index (κ3) is 2.29. The minimum absolute atomic E-state index is 0.151. The van der Waals surface area contributed by atoms with Gasteiger partial charge in [-0.25, -0.2) is 4.79 Å². The summed E-state index contributed by atoms with van der Waals surface area (Å²) in [5.41, 5.74) is 2.20. The number of rotatable bonds is 2. The Morgan fingerprint density at radius 2 is 2.12 bits per heavy atom. The molecule has 0 spiro atoms. The number of aromatic nitrogens is 1. The zero-order chi connectivity index (χ0) is 12.4. The lowest BCUT2D eigenvalue weighted by Gasteiger charge is -2.07. The van der Waals surface area contributed by atoms with E-state index >= 15 is 0 Å². The zero-order valence-electron chi connectivity index (χ0n) is 9.14. The summed E-state index contributed by atoms with van der Waals surface area (Å²) in [5, 5.41) is 9.60. The Kier molecular flexibility index (Phi) is 3.11. The minimum atomic E-state index is -1.01. The molecular weight excluding hydrogens is 238 g/mol. The van der Waals surface area contributed by atoms with E-state index in [2.05, 4.69) is 4.98 Å². The molecule has 3 nitrogen and oxygen atoms in total. The number of hydrogen-bond donors (Lipinski definition) is 1. The fraction of sp³-hybridized carbons (Fsp3) is 0.0769. The van der Waals surface area contributed by atoms with Gasteiger partial charge in [0, 0.05) is 11.8 Å². The first-order valence-electron chi connectivity index (χ1n) is 5.04. The van der Waals surface area contributed by atoms with Gasteiger partial charge in [0.1, 0.15) is 0 Å². The first kappa shape index (κ1) is 11.6. The number of carboxylic acids is 1. The maximum Gasteiger partial charge on any atom is 0.337 e. The van der Waals surface area contributed by atoms with E-state index in [1.54, 1.807) is 24.4 Å². The Balaban J connectivity index is 2.64. The molecule has 4 heteroatoms. The van der Waals surface area contributed by atoms with E-state index in [0.29, 0.717) is 16.3 Å². The predicted molar refractivity (Wildman–Crippen MR) is 66.4 cm³/mol. The average molecular weight is 248 g/mol. The van der Waals surface area contributed by atoms with Gasteiger partial charge in [-0.15, -0.1) is 0 Å². The summed E-state index contributed by atoms with van der Waals surface area (Å²) in [6, 6.07) is 8.56. The van der Waals surface area contributed by atoms with Crippen molar-refractivity contribution in [2.24, 2.45) is 0 Å². The summed E-state index contributed by atoms with van der Waals surface area (Å²) >= 11 is 6.11. The van der Waals surface area contributed by atoms with Crippen LogP contribution in [0.4, 0.5) is 0 Å². The molecule has 0 aliphatic carbocycles. The Bertz CT molecular complexity index is 581. The van der Waals surface area contributed by atoms with Gasteiger partial charge in [-0.2, -0.15) is 0 Å². The molecule has 0 aliphatic heterocycles. The summed E-state index contributed by atoms with van der Waals surface area (Å²) in [4.78, 5) is 15.2. The number of carbonyl (C=O) groups is 1. The van der Waals surface area contributed by atoms with Gasteiger partial charge in [0.15, 0.2) is 0 Å². The van der Waals surface area contributed by atoms with E-state index in [4.69, 9.17) is 16.7 Å². The first-order chi connectivity index (χ1) is 8.09. The van der Waals surface area contributed by atoms with Crippen LogP contribution in [0.15, 0.2) is 36.5 Å². The Hall–Kier alpha value is -1.87. The number of nitrogens with zero attached hydrogens (tertiary/aromatic N) is 1. The van der Waals surface area contributed by atoms with Crippen molar-refractivity contribution in [3.63, 3.8) is 0 Å². The molecule has 0 atom stereocenters. The normalized spacial score (nSPS) is 10.2. The summed E-state index contributed by atoms with van der Waals surface area (Å²) in [6.07, 6.45) is 1.55. The minimum Gasteiger partial charge on any atom is -0.478 e. The number of aryl methyl sites for hydroxylation is 1. The SMILES string of the molecule is Cc1ccc(-c2ncccc2C(=O)O)c(Cl)c1. The Labute approximate surface area is 104 Å². The van der Waals surface area contributed by atoms with Crippen LogP contribution in [0.5, 0.6) is 0 Å². The molecular formula is C13H10ClNO2. The van der Waals surface area contributed by atoms with E-state index < -0.39 is 5.97 Å². The van der Waals surface area contributed by atoms with Gasteiger partial charge in [-0.3, -0.25) is 4.98 Å². The van der Waals surface area contributed by atoms with E-state index in [1.165, 1.54) is 6.07 Å². The van der Waals surface area contributed by atoms with Gasteiger partial charge in [0.2, 0.25) is 0 Å². The predicted octanol–water partition coefficient (Wildman–Crippen LogP) is 3.41. The van der Waals surface area contributed by atoms with E-state index in [-0.39, 0.29) is 5.56 Å². The number of benzene rings is 1. The molecule has 1 aromatic carbocycles. The molecule has 0 aliphatic rings. The third-order valence-corrected chi connectivity index (χ3v) is 2.73. The number of aromatic carboxylic acids is 1. The van der Waals surface area contributed by atoms with Crippen LogP contribution >= 0.6 is 11.6 Å². The Morgan fingerprint density at radius 3 is 2.76 bits per heavy atom. The number of halogens is 1. The summed E-state index contributed by atoms with van der Waals surface area (Å²) in [7, 11) is 0. The van der Waals surface area contributed by atoms with Crippen molar-refractivity contribution in [2.45, 2.75) is 6.92 Å². The Morgan fingerprint density at radius 1 is 1.35 bits per heavy atom. The molecule has 0 bridgehead atoms. The van der Waals surface area contributed by atoms with Gasteiger partial charge >= 0.3 is 5.97 Å². The summed E-state index contributed by atoms with van der Waals surface area (Å²) in [6.45, 7) is 1.92. The standard InChI is InChI=1S/C13H10ClNO2/c1-8-4-5-9(11(14)7-8)12-10(13(16)17)3-2-6-15-12/h2-7H,1H3,(H,16,17). The molecule has 0 saturated heterocycles. The van der Waals surface area contributed by atoms with Crippen molar-refractivity contribution < 1.29 is 9.90 Å². The molecule has 0 saturated carbocycles. The molecule has 0 fully saturated rings. The lowest BCUT2D eigenvalue weighted by Crippen LogP contribution is -2.01. The number of hydrogen-bond acceptors (Lipinski definition) is 2. The molecule has 1 aromatic heterocycles. The summed E-state index contributed by atoms with van der Waals surface area (Å²) in [5.74, 6) is -1.01. The highest BCUT2D eigenvalue weighted by atomic mass is 35.5. The van der Waals surface area contributed by atoms with E-state index in [0.717, 1.165) is 5.56 Å². The second-order valence-corrected chi connectivity index (χ2v) is 4.10. The topological polar surface area (TPSA) is 50.2 Å². The van der Waals surface area contributed by atoms with Gasteiger partial charge in [-0.1, -0.05) is 23.7 Å².